The Balaban J connectivity index is 1.32. The van der Waals surface area contributed by atoms with Crippen molar-refractivity contribution in [2.45, 2.75) is 37.8 Å². The standard InChI is InChI=1S/C26H30N10O5S2/c1-3-8-28-9-6-11-35-14-29-21-16(35)7-5-10-34(21)12-15-13-42-24-18(23(38)36(24)19(15)25(39)40)30-22(37)17(32-41-4-2)20-31-26(27)43-33-20/h3,5,7,10,14,18,24,28H,1,4,6,8-9,11-13H2,2H3,(H3-,27,30,31,33,37,39,40)/b32-17+. The molecule has 2 unspecified atom stereocenters. The van der Waals surface area contributed by atoms with E-state index in [9.17, 15) is 19.5 Å². The summed E-state index contributed by atoms with van der Waals surface area (Å²) in [6, 6.07) is 2.84. The molecule has 0 saturated carbocycles. The largest absolute Gasteiger partial charge is 0.543 e. The number of rotatable bonds is 14. The number of anilines is 1. The Kier molecular flexibility index (Phi) is 9.32. The second-order valence-corrected chi connectivity index (χ2v) is 11.4. The van der Waals surface area contributed by atoms with Gasteiger partial charge in [-0.15, -0.1) is 18.3 Å². The molecule has 3 aromatic rings. The lowest BCUT2D eigenvalue weighted by Gasteiger charge is -2.50. The second kappa shape index (κ2) is 13.3. The number of carboxylic acids is 1. The summed E-state index contributed by atoms with van der Waals surface area (Å²) in [4.78, 5) is 53.4. The van der Waals surface area contributed by atoms with Crippen LogP contribution in [0.1, 0.15) is 19.2 Å². The lowest BCUT2D eigenvalue weighted by atomic mass is 10.0. The molecule has 2 aliphatic heterocycles. The molecule has 0 aromatic carbocycles. The average molecular weight is 627 g/mol. The molecule has 43 heavy (non-hydrogen) atoms. The van der Waals surface area contributed by atoms with Crippen LogP contribution in [0.5, 0.6) is 0 Å². The van der Waals surface area contributed by atoms with Gasteiger partial charge in [0.2, 0.25) is 17.9 Å². The number of imidazole rings is 1. The van der Waals surface area contributed by atoms with Crippen LogP contribution in [0.3, 0.4) is 0 Å². The number of β-lactam (4-membered cyclic amide) rings is 1. The van der Waals surface area contributed by atoms with E-state index < -0.39 is 29.2 Å². The van der Waals surface area contributed by atoms with Gasteiger partial charge in [-0.1, -0.05) is 11.2 Å². The van der Waals surface area contributed by atoms with Crippen LogP contribution in [0.4, 0.5) is 5.13 Å². The highest BCUT2D eigenvalue weighted by molar-refractivity contribution is 8.00. The summed E-state index contributed by atoms with van der Waals surface area (Å²) in [6.45, 7) is 8.11. The van der Waals surface area contributed by atoms with Gasteiger partial charge in [0.1, 0.15) is 30.1 Å². The number of fused-ring (bicyclic) bond motifs is 2. The Hall–Kier alpha value is -4.35. The molecule has 3 aromatic heterocycles. The van der Waals surface area contributed by atoms with E-state index in [0.717, 1.165) is 48.0 Å². The summed E-state index contributed by atoms with van der Waals surface area (Å²) < 4.78 is 7.90. The van der Waals surface area contributed by atoms with Gasteiger partial charge in [-0.05, 0) is 37.0 Å². The van der Waals surface area contributed by atoms with Crippen LogP contribution >= 0.6 is 23.3 Å². The van der Waals surface area contributed by atoms with Gasteiger partial charge in [0.05, 0.1) is 17.9 Å². The van der Waals surface area contributed by atoms with Gasteiger partial charge in [0.15, 0.2) is 5.13 Å². The fourth-order valence-corrected chi connectivity index (χ4v) is 6.59. The smallest absolute Gasteiger partial charge is 0.349 e. The van der Waals surface area contributed by atoms with E-state index in [-0.39, 0.29) is 35.5 Å². The van der Waals surface area contributed by atoms with Crippen LogP contribution in [0.2, 0.25) is 0 Å². The summed E-state index contributed by atoms with van der Waals surface area (Å²) in [5, 5.41) is 21.5. The fraction of sp³-hybridized carbons (Fsp3) is 0.385. The van der Waals surface area contributed by atoms with Gasteiger partial charge in [0.25, 0.3) is 11.8 Å². The number of hydrogen-bond donors (Lipinski definition) is 3. The molecule has 1 saturated heterocycles. The Morgan fingerprint density at radius 1 is 1.42 bits per heavy atom. The molecule has 5 rings (SSSR count). The molecule has 0 bridgehead atoms. The van der Waals surface area contributed by atoms with Crippen molar-refractivity contribution in [3.8, 4) is 0 Å². The van der Waals surface area contributed by atoms with Crippen molar-refractivity contribution in [2.75, 3.05) is 31.2 Å². The third-order valence-corrected chi connectivity index (χ3v) is 8.62. The highest BCUT2D eigenvalue weighted by Crippen LogP contribution is 2.40. The highest BCUT2D eigenvalue weighted by Gasteiger charge is 2.53. The SMILES string of the molecule is C=CCNCCCn1cnc2c1ccc[n+]2CC1=C(C(=O)[O-])N2C(=O)C(NC(=O)/C(=N/OCC)c3nsc(N)n3)C2SC1. The number of hydrogen-bond acceptors (Lipinski definition) is 13. The van der Waals surface area contributed by atoms with Gasteiger partial charge < -0.3 is 35.7 Å². The van der Waals surface area contributed by atoms with Crippen molar-refractivity contribution in [3.63, 3.8) is 0 Å². The summed E-state index contributed by atoms with van der Waals surface area (Å²) in [6.07, 6.45) is 6.29. The molecule has 15 nitrogen and oxygen atoms in total. The minimum absolute atomic E-state index is 0.0380. The topological polar surface area (TPSA) is 197 Å². The molecule has 17 heteroatoms. The van der Waals surface area contributed by atoms with E-state index >= 15 is 0 Å². The lowest BCUT2D eigenvalue weighted by Crippen LogP contribution is -2.71. The first-order chi connectivity index (χ1) is 20.8. The number of aliphatic carboxylic acids is 1. The molecule has 2 aliphatic rings. The first-order valence-electron chi connectivity index (χ1n) is 13.5. The van der Waals surface area contributed by atoms with Gasteiger partial charge in [-0.25, -0.2) is 4.57 Å². The van der Waals surface area contributed by atoms with E-state index in [1.807, 2.05) is 33.5 Å². The van der Waals surface area contributed by atoms with E-state index in [1.165, 1.54) is 11.8 Å². The number of aryl methyl sites for hydroxylation is 1. The molecule has 1 fully saturated rings. The summed E-state index contributed by atoms with van der Waals surface area (Å²) in [7, 11) is 0. The van der Waals surface area contributed by atoms with Crippen LogP contribution in [-0.4, -0.2) is 84.2 Å². The van der Waals surface area contributed by atoms with Crippen molar-refractivity contribution in [3.05, 3.63) is 54.4 Å². The highest BCUT2D eigenvalue weighted by atomic mass is 32.2. The van der Waals surface area contributed by atoms with Crippen LogP contribution in [0, 0.1) is 0 Å². The average Bonchev–Trinajstić information content (AvgIpc) is 3.62. The van der Waals surface area contributed by atoms with Crippen molar-refractivity contribution in [1.29, 1.82) is 0 Å². The first kappa shape index (κ1) is 30.1. The number of nitrogens with two attached hydrogens (primary N) is 1. The molecule has 2 amide bonds. The zero-order valence-corrected chi connectivity index (χ0v) is 24.9. The van der Waals surface area contributed by atoms with Crippen molar-refractivity contribution < 1.29 is 28.9 Å². The normalized spacial score (nSPS) is 18.4. The van der Waals surface area contributed by atoms with Crippen molar-refractivity contribution in [2.24, 2.45) is 5.16 Å². The van der Waals surface area contributed by atoms with Crippen LogP contribution in [-0.2, 0) is 32.3 Å². The molecule has 0 radical (unpaired) electrons. The maximum absolute atomic E-state index is 13.2. The third kappa shape index (κ3) is 6.23. The first-order valence-corrected chi connectivity index (χ1v) is 15.3. The molecule has 2 atom stereocenters. The van der Waals surface area contributed by atoms with E-state index in [4.69, 9.17) is 10.6 Å². The number of carbonyl (C=O) groups excluding carboxylic acids is 3. The monoisotopic (exact) mass is 626 g/mol. The predicted molar refractivity (Wildman–Crippen MR) is 157 cm³/mol. The minimum Gasteiger partial charge on any atom is -0.543 e. The number of carboxylic acid groups (broad SMARTS) is 1. The molecular formula is C26H30N10O5S2. The van der Waals surface area contributed by atoms with E-state index in [1.54, 1.807) is 13.3 Å². The number of pyridine rings is 1. The van der Waals surface area contributed by atoms with Crippen molar-refractivity contribution in [1.82, 2.24) is 34.4 Å². The number of amides is 2. The number of nitrogens with zero attached hydrogens (tertiary/aromatic N) is 7. The summed E-state index contributed by atoms with van der Waals surface area (Å²) >= 11 is 2.22. The number of oxime groups is 1. The molecular weight excluding hydrogens is 596 g/mol. The number of nitrogens with one attached hydrogen (secondary N) is 2. The van der Waals surface area contributed by atoms with Gasteiger partial charge in [0, 0.05) is 35.9 Å². The zero-order chi connectivity index (χ0) is 30.5. The summed E-state index contributed by atoms with van der Waals surface area (Å²) in [5.41, 5.74) is 7.31. The Morgan fingerprint density at radius 2 is 2.26 bits per heavy atom. The van der Waals surface area contributed by atoms with Crippen LogP contribution in [0.25, 0.3) is 11.2 Å². The Labute approximate surface area is 254 Å². The molecule has 5 heterocycles. The molecule has 4 N–H and O–H groups in total. The molecule has 226 valence electrons. The molecule has 0 spiro atoms. The van der Waals surface area contributed by atoms with E-state index in [0.29, 0.717) is 17.0 Å². The van der Waals surface area contributed by atoms with Crippen LogP contribution < -0.4 is 26.0 Å². The predicted octanol–water partition coefficient (Wildman–Crippen LogP) is -1.23. The van der Waals surface area contributed by atoms with Crippen molar-refractivity contribution >= 4 is 63.1 Å². The van der Waals surface area contributed by atoms with Gasteiger partial charge in [-0.2, -0.15) is 9.36 Å². The Morgan fingerprint density at radius 3 is 2.98 bits per heavy atom. The quantitative estimate of drug-likeness (QED) is 0.0484. The number of nitrogen functional groups attached to an aromatic ring is 1. The van der Waals surface area contributed by atoms with E-state index in [2.05, 4.69) is 36.7 Å². The summed E-state index contributed by atoms with van der Waals surface area (Å²) in [5.74, 6) is -2.54. The third-order valence-electron chi connectivity index (χ3n) is 6.73. The Bertz CT molecular complexity index is 1620. The second-order valence-electron chi connectivity index (χ2n) is 9.54. The van der Waals surface area contributed by atoms with Crippen LogP contribution in [0.15, 0.2) is 53.7 Å². The number of carbonyl (C=O) groups is 3. The number of aromatic nitrogens is 5. The maximum atomic E-state index is 13.2. The maximum Gasteiger partial charge on any atom is 0.349 e. The van der Waals surface area contributed by atoms with Gasteiger partial charge >= 0.3 is 5.65 Å². The fourth-order valence-electron chi connectivity index (χ4n) is 4.82. The minimum atomic E-state index is -1.47. The lowest BCUT2D eigenvalue weighted by molar-refractivity contribution is -0.664. The van der Waals surface area contributed by atoms with Gasteiger partial charge in [-0.3, -0.25) is 14.5 Å². The zero-order valence-electron chi connectivity index (χ0n) is 23.3. The number of thioether (sulfide) groups is 1. The molecule has 0 aliphatic carbocycles.